The summed E-state index contributed by atoms with van der Waals surface area (Å²) in [4.78, 5) is 14.2. The van der Waals surface area contributed by atoms with Gasteiger partial charge in [0.15, 0.2) is 0 Å². The number of nitrogens with zero attached hydrogens (tertiary/aromatic N) is 1. The predicted octanol–water partition coefficient (Wildman–Crippen LogP) is 4.12. The third-order valence-corrected chi connectivity index (χ3v) is 3.22. The fourth-order valence-electron chi connectivity index (χ4n) is 2.26. The number of benzene rings is 1. The molecule has 0 atom stereocenters. The molecule has 2 nitrogen and oxygen atoms in total. The molecule has 19 heavy (non-hydrogen) atoms. The molecule has 0 aromatic heterocycles. The van der Waals surface area contributed by atoms with Gasteiger partial charge in [-0.2, -0.15) is 0 Å². The van der Waals surface area contributed by atoms with Gasteiger partial charge < -0.3 is 4.90 Å². The predicted molar refractivity (Wildman–Crippen MR) is 82.6 cm³/mol. The number of rotatable bonds is 4. The van der Waals surface area contributed by atoms with Crippen LogP contribution in [0.3, 0.4) is 0 Å². The molecule has 1 rings (SSSR count). The number of amides is 1. The van der Waals surface area contributed by atoms with Crippen molar-refractivity contribution in [2.24, 2.45) is 5.41 Å². The fourth-order valence-corrected chi connectivity index (χ4v) is 2.26. The van der Waals surface area contributed by atoms with Crippen LogP contribution in [0.15, 0.2) is 30.9 Å². The molecule has 1 aromatic carbocycles. The normalized spacial score (nSPS) is 11.2. The summed E-state index contributed by atoms with van der Waals surface area (Å²) in [6.07, 6.45) is 3.76. The van der Waals surface area contributed by atoms with Crippen molar-refractivity contribution < 1.29 is 4.79 Å². The molecule has 0 spiro atoms. The van der Waals surface area contributed by atoms with E-state index in [4.69, 9.17) is 0 Å². The summed E-state index contributed by atoms with van der Waals surface area (Å²) in [5.74, 6) is 0.140. The highest BCUT2D eigenvalue weighted by Crippen LogP contribution is 2.29. The van der Waals surface area contributed by atoms with E-state index in [1.165, 1.54) is 5.56 Å². The van der Waals surface area contributed by atoms with Gasteiger partial charge >= 0.3 is 0 Å². The molecule has 0 aliphatic rings. The van der Waals surface area contributed by atoms with Crippen LogP contribution in [0.25, 0.3) is 0 Å². The summed E-state index contributed by atoms with van der Waals surface area (Å²) in [7, 11) is 1.87. The van der Waals surface area contributed by atoms with Crippen LogP contribution in [0.2, 0.25) is 0 Å². The van der Waals surface area contributed by atoms with Gasteiger partial charge in [0.05, 0.1) is 0 Å². The maximum atomic E-state index is 12.4. The van der Waals surface area contributed by atoms with Gasteiger partial charge in [0.25, 0.3) is 0 Å². The number of para-hydroxylation sites is 1. The van der Waals surface area contributed by atoms with Gasteiger partial charge in [-0.3, -0.25) is 4.79 Å². The quantitative estimate of drug-likeness (QED) is 0.745. The number of aryl methyl sites for hydroxylation is 2. The summed E-state index contributed by atoms with van der Waals surface area (Å²) in [5, 5.41) is 0. The first-order valence-electron chi connectivity index (χ1n) is 6.76. The lowest BCUT2D eigenvalue weighted by Crippen LogP contribution is -2.37. The SMILES string of the molecule is C=CCCc1cccc(C)c1N(C)C(=O)C(C)(C)C. The lowest BCUT2D eigenvalue weighted by molar-refractivity contribution is -0.125. The van der Waals surface area contributed by atoms with Gasteiger partial charge in [0.1, 0.15) is 0 Å². The third-order valence-electron chi connectivity index (χ3n) is 3.22. The number of hydrogen-bond acceptors (Lipinski definition) is 1. The number of anilines is 1. The van der Waals surface area contributed by atoms with E-state index >= 15 is 0 Å². The first-order valence-corrected chi connectivity index (χ1v) is 6.76. The Morgan fingerprint density at radius 1 is 1.37 bits per heavy atom. The Morgan fingerprint density at radius 3 is 2.53 bits per heavy atom. The fraction of sp³-hybridized carbons (Fsp3) is 0.471. The Bertz CT molecular complexity index is 469. The second kappa shape index (κ2) is 6.05. The average molecular weight is 259 g/mol. The van der Waals surface area contributed by atoms with Crippen LogP contribution in [0.1, 0.15) is 38.3 Å². The van der Waals surface area contributed by atoms with E-state index in [2.05, 4.69) is 25.6 Å². The number of allylic oxidation sites excluding steroid dienone is 1. The average Bonchev–Trinajstić information content (AvgIpc) is 2.33. The van der Waals surface area contributed by atoms with Gasteiger partial charge in [-0.15, -0.1) is 6.58 Å². The van der Waals surface area contributed by atoms with E-state index in [1.807, 2.05) is 40.0 Å². The minimum absolute atomic E-state index is 0.140. The van der Waals surface area contributed by atoms with Gasteiger partial charge in [-0.1, -0.05) is 45.0 Å². The molecular formula is C17H25NO. The smallest absolute Gasteiger partial charge is 0.232 e. The molecule has 0 unspecified atom stereocenters. The van der Waals surface area contributed by atoms with Gasteiger partial charge in [-0.25, -0.2) is 0 Å². The lowest BCUT2D eigenvalue weighted by Gasteiger charge is -2.29. The number of carbonyl (C=O) groups excluding carboxylic acids is 1. The van der Waals surface area contributed by atoms with Crippen LogP contribution in [0.5, 0.6) is 0 Å². The minimum atomic E-state index is -0.368. The number of carbonyl (C=O) groups is 1. The largest absolute Gasteiger partial charge is 0.314 e. The summed E-state index contributed by atoms with van der Waals surface area (Å²) in [5.41, 5.74) is 3.03. The molecule has 0 saturated carbocycles. The summed E-state index contributed by atoms with van der Waals surface area (Å²) in [6, 6.07) is 6.20. The highest BCUT2D eigenvalue weighted by atomic mass is 16.2. The highest BCUT2D eigenvalue weighted by molar-refractivity contribution is 5.97. The van der Waals surface area contributed by atoms with E-state index in [9.17, 15) is 4.79 Å². The Morgan fingerprint density at radius 2 is 2.00 bits per heavy atom. The zero-order valence-electron chi connectivity index (χ0n) is 12.8. The Kier molecular flexibility index (Phi) is 4.93. The third kappa shape index (κ3) is 3.69. The van der Waals surface area contributed by atoms with Crippen molar-refractivity contribution in [3.05, 3.63) is 42.0 Å². The van der Waals surface area contributed by atoms with E-state index in [0.29, 0.717) is 0 Å². The first-order chi connectivity index (χ1) is 8.79. The van der Waals surface area contributed by atoms with Crippen molar-refractivity contribution in [2.45, 2.75) is 40.5 Å². The monoisotopic (exact) mass is 259 g/mol. The van der Waals surface area contributed by atoms with E-state index in [-0.39, 0.29) is 11.3 Å². The Balaban J connectivity index is 3.17. The van der Waals surface area contributed by atoms with E-state index < -0.39 is 0 Å². The molecule has 0 aliphatic heterocycles. The summed E-state index contributed by atoms with van der Waals surface area (Å²) < 4.78 is 0. The maximum Gasteiger partial charge on any atom is 0.232 e. The molecule has 104 valence electrons. The van der Waals surface area contributed by atoms with Crippen molar-refractivity contribution in [3.63, 3.8) is 0 Å². The van der Waals surface area contributed by atoms with E-state index in [1.54, 1.807) is 4.90 Å². The molecule has 0 heterocycles. The van der Waals surface area contributed by atoms with Gasteiger partial charge in [0, 0.05) is 18.2 Å². The van der Waals surface area contributed by atoms with Crippen LogP contribution in [0, 0.1) is 12.3 Å². The van der Waals surface area contributed by atoms with Gasteiger partial charge in [-0.05, 0) is 30.9 Å². The van der Waals surface area contributed by atoms with Crippen LogP contribution in [-0.2, 0) is 11.2 Å². The number of hydrogen-bond donors (Lipinski definition) is 0. The molecule has 0 N–H and O–H groups in total. The molecule has 0 saturated heterocycles. The molecule has 2 heteroatoms. The van der Waals surface area contributed by atoms with Crippen molar-refractivity contribution in [3.8, 4) is 0 Å². The van der Waals surface area contributed by atoms with Crippen LogP contribution >= 0.6 is 0 Å². The van der Waals surface area contributed by atoms with Crippen molar-refractivity contribution in [2.75, 3.05) is 11.9 Å². The van der Waals surface area contributed by atoms with Crippen molar-refractivity contribution in [1.82, 2.24) is 0 Å². The van der Waals surface area contributed by atoms with Crippen LogP contribution in [-0.4, -0.2) is 13.0 Å². The summed E-state index contributed by atoms with van der Waals surface area (Å²) in [6.45, 7) is 11.7. The molecule has 1 aromatic rings. The van der Waals surface area contributed by atoms with Crippen LogP contribution in [0.4, 0.5) is 5.69 Å². The highest BCUT2D eigenvalue weighted by Gasteiger charge is 2.27. The molecule has 1 amide bonds. The second-order valence-corrected chi connectivity index (χ2v) is 6.02. The summed E-state index contributed by atoms with van der Waals surface area (Å²) >= 11 is 0. The zero-order chi connectivity index (χ0) is 14.6. The van der Waals surface area contributed by atoms with Crippen molar-refractivity contribution in [1.29, 1.82) is 0 Å². The Labute approximate surface area is 117 Å². The van der Waals surface area contributed by atoms with E-state index in [0.717, 1.165) is 24.1 Å². The van der Waals surface area contributed by atoms with Gasteiger partial charge in [0.2, 0.25) is 5.91 Å². The molecular weight excluding hydrogens is 234 g/mol. The Hall–Kier alpha value is -1.57. The first kappa shape index (κ1) is 15.5. The lowest BCUT2D eigenvalue weighted by atomic mass is 9.93. The topological polar surface area (TPSA) is 20.3 Å². The standard InChI is InChI=1S/C17H25NO/c1-7-8-11-14-12-9-10-13(2)15(14)18(6)16(19)17(3,4)5/h7,9-10,12H,1,8,11H2,2-6H3. The second-order valence-electron chi connectivity index (χ2n) is 6.02. The molecule has 0 aliphatic carbocycles. The van der Waals surface area contributed by atoms with Crippen molar-refractivity contribution >= 4 is 11.6 Å². The van der Waals surface area contributed by atoms with Crippen LogP contribution < -0.4 is 4.90 Å². The molecule has 0 bridgehead atoms. The minimum Gasteiger partial charge on any atom is -0.314 e. The zero-order valence-corrected chi connectivity index (χ0v) is 12.8. The molecule has 0 fully saturated rings. The maximum absolute atomic E-state index is 12.4. The molecule has 0 radical (unpaired) electrons.